The number of halogens is 3. The summed E-state index contributed by atoms with van der Waals surface area (Å²) in [6.45, 7) is 0. The summed E-state index contributed by atoms with van der Waals surface area (Å²) in [6.07, 6.45) is 1.68. The van der Waals surface area contributed by atoms with Crippen LogP contribution in [0.4, 0.5) is 0 Å². The van der Waals surface area contributed by atoms with Gasteiger partial charge < -0.3 is 4.74 Å². The normalized spacial score (nSPS) is 21.0. The van der Waals surface area contributed by atoms with Crippen LogP contribution in [-0.2, 0) is 23.7 Å². The third kappa shape index (κ3) is 1.91. The molecule has 5 aliphatic carbocycles. The summed E-state index contributed by atoms with van der Waals surface area (Å²) in [5.41, 5.74) is 8.93. The van der Waals surface area contributed by atoms with Crippen molar-refractivity contribution in [1.82, 2.24) is 0 Å². The second-order valence-corrected chi connectivity index (χ2v) is 29.2. The Bertz CT molecular complexity index is 7900. The van der Waals surface area contributed by atoms with Crippen molar-refractivity contribution >= 4 is 332 Å². The van der Waals surface area contributed by atoms with E-state index in [0.29, 0.717) is 10.6 Å². The summed E-state index contributed by atoms with van der Waals surface area (Å²) < 4.78 is 6.19. The van der Waals surface area contributed by atoms with Gasteiger partial charge in [-0.3, -0.25) is 0 Å². The maximum absolute atomic E-state index is 14.8. The van der Waals surface area contributed by atoms with E-state index >= 15 is 0 Å². The van der Waals surface area contributed by atoms with Crippen LogP contribution < -0.4 is 4.74 Å². The van der Waals surface area contributed by atoms with E-state index in [9.17, 15) is 4.79 Å². The summed E-state index contributed by atoms with van der Waals surface area (Å²) in [6, 6.07) is 9.74. The molecule has 0 unspecified atom stereocenters. The van der Waals surface area contributed by atoms with Crippen LogP contribution in [0.1, 0.15) is 43.7 Å². The number of hydrogen-bond acceptors (Lipinski definition) is 2. The second-order valence-electron chi connectivity index (χ2n) is 28.0. The molecule has 0 saturated carbocycles. The van der Waals surface area contributed by atoms with Crippen molar-refractivity contribution in [3.8, 4) is 5.75 Å². The lowest BCUT2D eigenvalue weighted by molar-refractivity contribution is 0.0734. The van der Waals surface area contributed by atoms with E-state index in [1.807, 2.05) is 6.07 Å². The topological polar surface area (TPSA) is 26.3 Å². The Labute approximate surface area is 451 Å². The molecule has 0 aliphatic heterocycles. The molecule has 30 aromatic rings. The largest absolute Gasteiger partial charge is 0.420 e. The molecular formula is C75H9Cl3O2. The van der Waals surface area contributed by atoms with E-state index in [1.54, 1.807) is 325 Å². The first kappa shape index (κ1) is 32.3. The Morgan fingerprint density at radius 2 is 0.500 bits per heavy atom. The second kappa shape index (κ2) is 7.69. The van der Waals surface area contributed by atoms with Gasteiger partial charge in [0, 0.05) is 15.9 Å². The maximum atomic E-state index is 14.8. The number of carbonyl (C=O) groups excluding carboxylic acids is 1. The first-order valence-corrected chi connectivity index (χ1v) is 29.9. The van der Waals surface area contributed by atoms with Gasteiger partial charge in [-0.05, 0) is 361 Å². The molecule has 35 rings (SSSR count). The van der Waals surface area contributed by atoms with Crippen LogP contribution in [0.2, 0.25) is 15.1 Å². The molecule has 80 heavy (non-hydrogen) atoms. The molecule has 0 radical (unpaired) electrons. The quantitative estimate of drug-likeness (QED) is 0.0980. The van der Waals surface area contributed by atoms with Crippen LogP contribution in [0, 0.1) is 0 Å². The van der Waals surface area contributed by atoms with Crippen molar-refractivity contribution in [2.75, 3.05) is 0 Å². The predicted molar refractivity (Wildman–Crippen MR) is 334 cm³/mol. The number of carbonyl (C=O) groups is 1. The van der Waals surface area contributed by atoms with Gasteiger partial charge in [-0.1, -0.05) is 40.9 Å². The van der Waals surface area contributed by atoms with E-state index in [4.69, 9.17) is 39.5 Å². The van der Waals surface area contributed by atoms with Gasteiger partial charge in [-0.25, -0.2) is 4.79 Å². The minimum absolute atomic E-state index is 0.142. The SMILES string of the molecule is O=C(Oc1c(Cl)cc(Cl)cc1Cl)c1ccc2c(c1)CC13c4c5c6c7c8c9c(c%10c%11c1c1c4c4c%12c5c5c6c6c8c8c%13c9c9c%10c%10c%11c%11c1c1c4c4c%12c%12c5c5c6c8c6c8c%13c9c9c%10c%10c%11c1c1c4c4c%12c5c6c5c8c9c%10c1c45)C73C2. The van der Waals surface area contributed by atoms with Crippen molar-refractivity contribution < 1.29 is 9.53 Å². The zero-order valence-electron chi connectivity index (χ0n) is 40.3. The highest BCUT2D eigenvalue weighted by Crippen LogP contribution is 2.85. The summed E-state index contributed by atoms with van der Waals surface area (Å²) >= 11 is 19.8. The number of fused-ring (bicyclic) bond motifs is 1. The van der Waals surface area contributed by atoms with Crippen molar-refractivity contribution in [2.45, 2.75) is 23.7 Å². The molecule has 0 bridgehead atoms. The van der Waals surface area contributed by atoms with Gasteiger partial charge >= 0.3 is 5.97 Å². The Hall–Kier alpha value is -8.76. The molecule has 0 amide bonds. The highest BCUT2D eigenvalue weighted by molar-refractivity contribution is 6.82. The number of hydrogen-bond donors (Lipinski definition) is 0. The molecule has 2 nitrogen and oxygen atoms in total. The molecule has 342 valence electrons. The Morgan fingerprint density at radius 3 is 0.738 bits per heavy atom. The van der Waals surface area contributed by atoms with E-state index in [1.165, 1.54) is 11.1 Å². The lowest BCUT2D eigenvalue weighted by Gasteiger charge is -2.57. The third-order valence-electron chi connectivity index (χ3n) is 27.2. The first-order valence-electron chi connectivity index (χ1n) is 28.7. The lowest BCUT2D eigenvalue weighted by Crippen LogP contribution is -2.56. The number of benzene rings is 20. The van der Waals surface area contributed by atoms with Crippen molar-refractivity contribution in [3.05, 3.63) is 84.3 Å². The summed E-state index contributed by atoms with van der Waals surface area (Å²) in [5.74, 6) is -0.319. The monoisotopic (exact) mass is 1050 g/mol. The summed E-state index contributed by atoms with van der Waals surface area (Å²) in [5, 5.41) is 87.5. The average Bonchev–Trinajstić information content (AvgIpc) is 1.41. The fraction of sp³-hybridized carbons (Fsp3) is 0.0533. The van der Waals surface area contributed by atoms with Gasteiger partial charge in [0.05, 0.1) is 15.6 Å². The van der Waals surface area contributed by atoms with Crippen molar-refractivity contribution in [2.24, 2.45) is 0 Å². The minimum Gasteiger partial charge on any atom is -0.420 e. The van der Waals surface area contributed by atoms with E-state index < -0.39 is 16.8 Å². The molecule has 0 atom stereocenters. The fourth-order valence-electron chi connectivity index (χ4n) is 26.7. The van der Waals surface area contributed by atoms with E-state index in [-0.39, 0.29) is 15.8 Å². The first-order chi connectivity index (χ1) is 39.5. The molecule has 0 fully saturated rings. The zero-order chi connectivity index (χ0) is 48.8. The van der Waals surface area contributed by atoms with Crippen molar-refractivity contribution in [1.29, 1.82) is 0 Å². The van der Waals surface area contributed by atoms with E-state index in [2.05, 4.69) is 12.1 Å². The van der Waals surface area contributed by atoms with Crippen LogP contribution in [0.3, 0.4) is 0 Å². The lowest BCUT2D eigenvalue weighted by atomic mass is 9.43. The third-order valence-corrected chi connectivity index (χ3v) is 28.0. The Balaban J connectivity index is 0.958. The number of ether oxygens (including phenoxy) is 1. The van der Waals surface area contributed by atoms with Gasteiger partial charge in [0.1, 0.15) is 0 Å². The molecular weight excluding hydrogens is 1040 g/mol. The molecule has 5 aliphatic rings. The molecule has 0 heterocycles. The number of rotatable bonds is 2. The molecule has 0 N–H and O–H groups in total. The molecule has 2 spiro atoms. The van der Waals surface area contributed by atoms with Gasteiger partial charge in [-0.15, -0.1) is 0 Å². The van der Waals surface area contributed by atoms with Crippen LogP contribution in [-0.4, -0.2) is 5.97 Å². The van der Waals surface area contributed by atoms with Gasteiger partial charge in [0.25, 0.3) is 0 Å². The average molecular weight is 1050 g/mol. The standard InChI is InChI=1S/C75H9Cl3O2/c76-11-4-12(77)72(13(78)5-11)80-73(79)8-1-2-9-6-74-68-60-52-42-32-24-16-14-15-18-22-20(16)28-36-30(22)40-34-26(18)27-19(15)23-21-17(14)25(24)33-39-29(21)37-31(23)41-35(27)45-44(34)54-48(40)58-50(36)56(46(52)38(28)32)64(68)66(58)70-62(54)63-55(45)49(41)59-51(37)57-47(39)53(43(33)42)61(60)69(74)65(57)67(59)71(63)75(70,74)7-10(9)3-8/h1-5H,6-7H2. The highest BCUT2D eigenvalue weighted by atomic mass is 35.5. The summed E-state index contributed by atoms with van der Waals surface area (Å²) in [7, 11) is 0. The molecule has 5 heteroatoms. The smallest absolute Gasteiger partial charge is 0.343 e. The minimum atomic E-state index is -0.461. The maximum Gasteiger partial charge on any atom is 0.343 e. The Kier molecular flexibility index (Phi) is 3.11. The Morgan fingerprint density at radius 1 is 0.287 bits per heavy atom. The number of esters is 1. The van der Waals surface area contributed by atoms with Gasteiger partial charge in [0.15, 0.2) is 5.75 Å². The van der Waals surface area contributed by atoms with Gasteiger partial charge in [-0.2, -0.15) is 0 Å². The molecule has 30 aromatic carbocycles. The fourth-order valence-corrected chi connectivity index (χ4v) is 27.5. The highest BCUT2D eigenvalue weighted by Gasteiger charge is 2.70. The van der Waals surface area contributed by atoms with Gasteiger partial charge in [0.2, 0.25) is 0 Å². The van der Waals surface area contributed by atoms with Crippen LogP contribution >= 0.6 is 34.8 Å². The van der Waals surface area contributed by atoms with Crippen LogP contribution in [0.15, 0.2) is 30.3 Å². The van der Waals surface area contributed by atoms with Crippen molar-refractivity contribution in [3.63, 3.8) is 0 Å². The van der Waals surface area contributed by atoms with Crippen LogP contribution in [0.25, 0.3) is 291 Å². The summed E-state index contributed by atoms with van der Waals surface area (Å²) in [4.78, 5) is 14.8. The van der Waals surface area contributed by atoms with E-state index in [0.717, 1.165) is 12.8 Å². The molecule has 0 aromatic heterocycles. The van der Waals surface area contributed by atoms with Crippen LogP contribution in [0.5, 0.6) is 5.75 Å². The zero-order valence-corrected chi connectivity index (χ0v) is 42.5. The molecule has 0 saturated heterocycles. The predicted octanol–water partition coefficient (Wildman–Crippen LogP) is 21.3.